The number of ether oxygens (including phenoxy) is 2. The van der Waals surface area contributed by atoms with Gasteiger partial charge < -0.3 is 0 Å². The molecule has 2 nitrogen and oxygen atoms in total. The maximum absolute atomic E-state index is 6.11. The van der Waals surface area contributed by atoms with Crippen LogP contribution in [-0.2, 0) is 9.47 Å². The van der Waals surface area contributed by atoms with E-state index < -0.39 is 5.31 Å². The van der Waals surface area contributed by atoms with E-state index in [-0.39, 0.29) is 6.29 Å². The Balaban J connectivity index is 1.72. The van der Waals surface area contributed by atoms with Gasteiger partial charge in [-0.15, -0.1) is 0 Å². The Labute approximate surface area is 188 Å². The van der Waals surface area contributed by atoms with E-state index in [0.29, 0.717) is 6.61 Å². The SMILES string of the molecule is BrP(CCCOC1CCCCO1)(c1ccccc1)(c1ccccc1)c1ccccc1. The fourth-order valence-corrected chi connectivity index (χ4v) is 12.1. The Kier molecular flexibility index (Phi) is 7.05. The van der Waals surface area contributed by atoms with E-state index in [1.54, 1.807) is 0 Å². The molecule has 0 bridgehead atoms. The molecule has 1 fully saturated rings. The summed E-state index contributed by atoms with van der Waals surface area (Å²) in [5.41, 5.74) is 0. The fourth-order valence-electron chi connectivity index (χ4n) is 4.47. The first kappa shape index (κ1) is 21.7. The van der Waals surface area contributed by atoms with Gasteiger partial charge in [-0.1, -0.05) is 0 Å². The van der Waals surface area contributed by atoms with E-state index in [2.05, 4.69) is 106 Å². The third kappa shape index (κ3) is 4.27. The molecule has 1 heterocycles. The summed E-state index contributed by atoms with van der Waals surface area (Å²) in [6.45, 7) is 1.53. The molecule has 1 atom stereocenters. The monoisotopic (exact) mass is 484 g/mol. The van der Waals surface area contributed by atoms with Gasteiger partial charge in [0, 0.05) is 0 Å². The molecular formula is C26H30BrO2P. The number of benzene rings is 3. The molecule has 1 unspecified atom stereocenters. The van der Waals surface area contributed by atoms with Crippen molar-refractivity contribution in [3.8, 4) is 0 Å². The van der Waals surface area contributed by atoms with Gasteiger partial charge in [0.05, 0.1) is 0 Å². The van der Waals surface area contributed by atoms with Crippen LogP contribution in [0.15, 0.2) is 91.0 Å². The molecule has 158 valence electrons. The van der Waals surface area contributed by atoms with Gasteiger partial charge in [0.1, 0.15) is 0 Å². The number of rotatable bonds is 8. The number of hydrogen-bond donors (Lipinski definition) is 0. The Morgan fingerprint density at radius 2 is 1.27 bits per heavy atom. The summed E-state index contributed by atoms with van der Waals surface area (Å²) in [6.07, 6.45) is 5.27. The topological polar surface area (TPSA) is 18.5 Å². The molecule has 0 aliphatic carbocycles. The Hall–Kier alpha value is -1.51. The van der Waals surface area contributed by atoms with Crippen LogP contribution in [0.1, 0.15) is 25.7 Å². The molecule has 0 amide bonds. The van der Waals surface area contributed by atoms with Crippen molar-refractivity contribution in [1.82, 2.24) is 0 Å². The Morgan fingerprint density at radius 1 is 0.767 bits per heavy atom. The van der Waals surface area contributed by atoms with Crippen LogP contribution in [0.2, 0.25) is 0 Å². The third-order valence-corrected chi connectivity index (χ3v) is 16.1. The predicted molar refractivity (Wildman–Crippen MR) is 133 cm³/mol. The average Bonchev–Trinajstić information content (AvgIpc) is 2.84. The zero-order valence-corrected chi connectivity index (χ0v) is 19.8. The van der Waals surface area contributed by atoms with Crippen molar-refractivity contribution in [2.75, 3.05) is 19.4 Å². The van der Waals surface area contributed by atoms with Crippen LogP contribution >= 0.6 is 20.8 Å². The van der Waals surface area contributed by atoms with Gasteiger partial charge in [0.2, 0.25) is 0 Å². The molecule has 1 aliphatic heterocycles. The molecule has 0 spiro atoms. The van der Waals surface area contributed by atoms with Gasteiger partial charge in [-0.3, -0.25) is 0 Å². The second-order valence-electron chi connectivity index (χ2n) is 7.93. The first-order valence-electron chi connectivity index (χ1n) is 10.8. The van der Waals surface area contributed by atoms with Crippen molar-refractivity contribution in [3.05, 3.63) is 91.0 Å². The van der Waals surface area contributed by atoms with Crippen LogP contribution < -0.4 is 15.9 Å². The van der Waals surface area contributed by atoms with Crippen LogP contribution in [0, 0.1) is 0 Å². The predicted octanol–water partition coefficient (Wildman–Crippen LogP) is 5.76. The van der Waals surface area contributed by atoms with Crippen molar-refractivity contribution in [1.29, 1.82) is 0 Å². The van der Waals surface area contributed by atoms with Crippen molar-refractivity contribution < 1.29 is 9.47 Å². The molecule has 3 aromatic carbocycles. The number of halogens is 1. The molecule has 1 saturated heterocycles. The summed E-state index contributed by atoms with van der Waals surface area (Å²) < 4.78 is 11.9. The van der Waals surface area contributed by atoms with Gasteiger partial charge in [0.15, 0.2) is 0 Å². The maximum atomic E-state index is 6.11. The standard InChI is InChI=1S/C26H30BrO2P/c27-30(23-13-4-1-5-14-23,24-15-6-2-7-16-24,25-17-8-3-9-18-25)22-12-21-29-26-19-10-11-20-28-26/h1-9,13-18,26H,10-12,19-22H2. The minimum atomic E-state index is -2.83. The molecule has 0 N–H and O–H groups in total. The van der Waals surface area contributed by atoms with Gasteiger partial charge in [-0.25, -0.2) is 0 Å². The molecule has 3 aromatic rings. The zero-order chi connectivity index (χ0) is 20.7. The summed E-state index contributed by atoms with van der Waals surface area (Å²) >= 11 is 4.49. The van der Waals surface area contributed by atoms with Crippen LogP contribution in [0.25, 0.3) is 0 Å². The van der Waals surface area contributed by atoms with Gasteiger partial charge in [0.25, 0.3) is 0 Å². The Morgan fingerprint density at radius 3 is 1.70 bits per heavy atom. The van der Waals surface area contributed by atoms with Crippen LogP contribution in [-0.4, -0.2) is 25.7 Å². The van der Waals surface area contributed by atoms with Gasteiger partial charge in [-0.05, 0) is 0 Å². The van der Waals surface area contributed by atoms with Gasteiger partial charge >= 0.3 is 189 Å². The quantitative estimate of drug-likeness (QED) is 0.299. The normalized spacial score (nSPS) is 18.4. The molecule has 30 heavy (non-hydrogen) atoms. The summed E-state index contributed by atoms with van der Waals surface area (Å²) in [5.74, 6) is 0. The van der Waals surface area contributed by atoms with E-state index in [4.69, 9.17) is 9.47 Å². The summed E-state index contributed by atoms with van der Waals surface area (Å²) in [6, 6.07) is 32.8. The van der Waals surface area contributed by atoms with E-state index in [1.165, 1.54) is 22.3 Å². The van der Waals surface area contributed by atoms with Crippen molar-refractivity contribution in [3.63, 3.8) is 0 Å². The fraction of sp³-hybridized carbons (Fsp3) is 0.308. The van der Waals surface area contributed by atoms with Crippen molar-refractivity contribution in [2.45, 2.75) is 32.0 Å². The molecule has 0 aromatic heterocycles. The molecule has 4 rings (SSSR count). The van der Waals surface area contributed by atoms with E-state index in [9.17, 15) is 0 Å². The molecule has 0 radical (unpaired) electrons. The van der Waals surface area contributed by atoms with E-state index >= 15 is 0 Å². The zero-order valence-electron chi connectivity index (χ0n) is 17.3. The second-order valence-corrected chi connectivity index (χ2v) is 17.0. The summed E-state index contributed by atoms with van der Waals surface area (Å²) in [4.78, 5) is 0. The van der Waals surface area contributed by atoms with E-state index in [1.807, 2.05) is 0 Å². The van der Waals surface area contributed by atoms with Crippen LogP contribution in [0.5, 0.6) is 0 Å². The number of hydrogen-bond acceptors (Lipinski definition) is 2. The minimum absolute atomic E-state index is 0.0368. The summed E-state index contributed by atoms with van der Waals surface area (Å²) in [7, 11) is 0. The van der Waals surface area contributed by atoms with Crippen LogP contribution in [0.4, 0.5) is 0 Å². The van der Waals surface area contributed by atoms with Crippen molar-refractivity contribution in [2.24, 2.45) is 0 Å². The average molecular weight is 485 g/mol. The molecule has 1 aliphatic rings. The molecule has 0 saturated carbocycles. The second kappa shape index (κ2) is 9.75. The molecular weight excluding hydrogens is 455 g/mol. The van der Waals surface area contributed by atoms with Crippen LogP contribution in [0.3, 0.4) is 0 Å². The van der Waals surface area contributed by atoms with Crippen molar-refractivity contribution >= 4 is 36.7 Å². The van der Waals surface area contributed by atoms with Gasteiger partial charge in [-0.2, -0.15) is 0 Å². The Bertz CT molecular complexity index is 812. The summed E-state index contributed by atoms with van der Waals surface area (Å²) in [5, 5.41) is 1.24. The first-order chi connectivity index (χ1) is 14.7. The first-order valence-corrected chi connectivity index (χ1v) is 15.3. The molecule has 4 heteroatoms. The van der Waals surface area contributed by atoms with E-state index in [0.717, 1.165) is 32.0 Å². The third-order valence-electron chi connectivity index (χ3n) is 6.05.